The smallest absolute Gasteiger partial charge is 0.258 e. The van der Waals surface area contributed by atoms with Gasteiger partial charge in [-0.3, -0.25) is 9.69 Å². The molecule has 1 saturated heterocycles. The van der Waals surface area contributed by atoms with E-state index in [1.807, 2.05) is 54.6 Å². The Morgan fingerprint density at radius 1 is 1.07 bits per heavy atom. The lowest BCUT2D eigenvalue weighted by Crippen LogP contribution is -2.48. The Hall–Kier alpha value is -2.08. The molecule has 0 spiro atoms. The van der Waals surface area contributed by atoms with E-state index in [0.717, 1.165) is 36.8 Å². The number of ether oxygens (including phenoxy) is 1. The molecule has 0 bridgehead atoms. The van der Waals surface area contributed by atoms with Crippen LogP contribution in [0.1, 0.15) is 11.6 Å². The average Bonchev–Trinajstić information content (AvgIpc) is 2.70. The fraction of sp³-hybridized carbons (Fsp3) is 0.381. The summed E-state index contributed by atoms with van der Waals surface area (Å²) < 4.78 is 5.53. The molecule has 1 atom stereocenters. The van der Waals surface area contributed by atoms with E-state index >= 15 is 0 Å². The molecule has 1 N–H and O–H groups in total. The molecule has 144 valence electrons. The number of amides is 1. The van der Waals surface area contributed by atoms with Gasteiger partial charge in [-0.2, -0.15) is 0 Å². The van der Waals surface area contributed by atoms with Crippen LogP contribution in [0.15, 0.2) is 54.6 Å². The minimum atomic E-state index is -0.119. The maximum atomic E-state index is 12.3. The normalized spacial score (nSPS) is 16.7. The molecule has 1 heterocycles. The number of halogens is 1. The first kappa shape index (κ1) is 19.7. The molecule has 0 saturated carbocycles. The molecule has 5 nitrogen and oxygen atoms in total. The van der Waals surface area contributed by atoms with Crippen molar-refractivity contribution in [1.29, 1.82) is 0 Å². The van der Waals surface area contributed by atoms with Gasteiger partial charge in [-0.05, 0) is 36.9 Å². The highest BCUT2D eigenvalue weighted by molar-refractivity contribution is 6.30. The Kier molecular flexibility index (Phi) is 7.10. The van der Waals surface area contributed by atoms with E-state index < -0.39 is 0 Å². The molecule has 1 amide bonds. The Morgan fingerprint density at radius 3 is 2.41 bits per heavy atom. The minimum Gasteiger partial charge on any atom is -0.484 e. The van der Waals surface area contributed by atoms with Gasteiger partial charge < -0.3 is 15.0 Å². The lowest BCUT2D eigenvalue weighted by atomic mass is 10.0. The third-order valence-corrected chi connectivity index (χ3v) is 5.09. The summed E-state index contributed by atoms with van der Waals surface area (Å²) in [5, 5.41) is 3.74. The number of nitrogens with one attached hydrogen (secondary N) is 1. The summed E-state index contributed by atoms with van der Waals surface area (Å²) in [6.07, 6.45) is 0. The van der Waals surface area contributed by atoms with Gasteiger partial charge in [0, 0.05) is 37.7 Å². The molecular weight excluding hydrogens is 362 g/mol. The number of carbonyl (C=O) groups is 1. The number of hydrogen-bond donors (Lipinski definition) is 1. The van der Waals surface area contributed by atoms with Crippen LogP contribution >= 0.6 is 11.6 Å². The van der Waals surface area contributed by atoms with Crippen LogP contribution in [0, 0.1) is 0 Å². The predicted octanol–water partition coefficient (Wildman–Crippen LogP) is 2.82. The van der Waals surface area contributed by atoms with Crippen molar-refractivity contribution in [2.45, 2.75) is 6.04 Å². The van der Waals surface area contributed by atoms with Crippen molar-refractivity contribution >= 4 is 17.5 Å². The Morgan fingerprint density at radius 2 is 1.74 bits per heavy atom. The van der Waals surface area contributed by atoms with Crippen molar-refractivity contribution in [3.8, 4) is 5.75 Å². The third-order valence-electron chi connectivity index (χ3n) is 4.84. The number of nitrogens with zero attached hydrogens (tertiary/aromatic N) is 2. The first-order valence-electron chi connectivity index (χ1n) is 9.24. The predicted molar refractivity (Wildman–Crippen MR) is 108 cm³/mol. The van der Waals surface area contributed by atoms with Crippen LogP contribution in [-0.4, -0.2) is 62.1 Å². The van der Waals surface area contributed by atoms with Crippen LogP contribution in [0.25, 0.3) is 0 Å². The van der Waals surface area contributed by atoms with Crippen LogP contribution in [-0.2, 0) is 4.79 Å². The van der Waals surface area contributed by atoms with Crippen molar-refractivity contribution in [2.75, 3.05) is 46.4 Å². The molecular formula is C21H26ClN3O2. The summed E-state index contributed by atoms with van der Waals surface area (Å²) in [5.41, 5.74) is 1.16. The molecule has 1 fully saturated rings. The molecule has 2 aromatic rings. The van der Waals surface area contributed by atoms with Gasteiger partial charge in [0.25, 0.3) is 5.91 Å². The summed E-state index contributed by atoms with van der Waals surface area (Å²) in [5.74, 6) is 0.577. The molecule has 1 aliphatic rings. The lowest BCUT2D eigenvalue weighted by molar-refractivity contribution is -0.123. The zero-order chi connectivity index (χ0) is 19.1. The fourth-order valence-corrected chi connectivity index (χ4v) is 3.33. The zero-order valence-corrected chi connectivity index (χ0v) is 16.4. The first-order valence-corrected chi connectivity index (χ1v) is 9.62. The number of carbonyl (C=O) groups excluding carboxylic acids is 1. The minimum absolute atomic E-state index is 0.0140. The van der Waals surface area contributed by atoms with E-state index in [0.29, 0.717) is 12.3 Å². The number of likely N-dealkylation sites (N-methyl/N-ethyl adjacent to an activating group) is 1. The molecule has 0 radical (unpaired) electrons. The second-order valence-electron chi connectivity index (χ2n) is 6.81. The van der Waals surface area contributed by atoms with Crippen molar-refractivity contribution in [3.63, 3.8) is 0 Å². The van der Waals surface area contributed by atoms with Crippen molar-refractivity contribution in [1.82, 2.24) is 15.1 Å². The Labute approximate surface area is 165 Å². The lowest BCUT2D eigenvalue weighted by Gasteiger charge is -2.38. The Bertz CT molecular complexity index is 716. The fourth-order valence-electron chi connectivity index (χ4n) is 3.20. The number of para-hydroxylation sites is 1. The highest BCUT2D eigenvalue weighted by Gasteiger charge is 2.24. The van der Waals surface area contributed by atoms with E-state index in [-0.39, 0.29) is 18.6 Å². The molecule has 1 unspecified atom stereocenters. The highest BCUT2D eigenvalue weighted by Crippen LogP contribution is 2.23. The molecule has 0 aromatic heterocycles. The second-order valence-corrected chi connectivity index (χ2v) is 7.25. The van der Waals surface area contributed by atoms with E-state index in [2.05, 4.69) is 22.2 Å². The van der Waals surface area contributed by atoms with Gasteiger partial charge in [-0.25, -0.2) is 0 Å². The van der Waals surface area contributed by atoms with Crippen molar-refractivity contribution in [3.05, 3.63) is 65.2 Å². The standard InChI is InChI=1S/C21H26ClN3O2/c1-24-11-13-25(14-12-24)20(17-7-9-18(22)10-8-17)15-23-21(26)16-27-19-5-3-2-4-6-19/h2-10,20H,11-16H2,1H3,(H,23,26). The van der Waals surface area contributed by atoms with Crippen LogP contribution in [0.4, 0.5) is 0 Å². The maximum absolute atomic E-state index is 12.3. The third kappa shape index (κ3) is 5.96. The summed E-state index contributed by atoms with van der Waals surface area (Å²) in [7, 11) is 2.14. The average molecular weight is 388 g/mol. The second kappa shape index (κ2) is 9.74. The van der Waals surface area contributed by atoms with Crippen LogP contribution in [0.5, 0.6) is 5.75 Å². The number of rotatable bonds is 7. The summed E-state index contributed by atoms with van der Waals surface area (Å²) in [4.78, 5) is 17.0. The molecule has 27 heavy (non-hydrogen) atoms. The first-order chi connectivity index (χ1) is 13.1. The monoisotopic (exact) mass is 387 g/mol. The van der Waals surface area contributed by atoms with Crippen LogP contribution < -0.4 is 10.1 Å². The SMILES string of the molecule is CN1CCN(C(CNC(=O)COc2ccccc2)c2ccc(Cl)cc2)CC1. The van der Waals surface area contributed by atoms with Gasteiger partial charge in [0.15, 0.2) is 6.61 Å². The number of benzene rings is 2. The van der Waals surface area contributed by atoms with E-state index in [1.165, 1.54) is 0 Å². The molecule has 6 heteroatoms. The summed E-state index contributed by atoms with van der Waals surface area (Å²) in [6.45, 7) is 4.55. The molecule has 1 aliphatic heterocycles. The van der Waals surface area contributed by atoms with E-state index in [1.54, 1.807) is 0 Å². The van der Waals surface area contributed by atoms with Gasteiger partial charge in [-0.1, -0.05) is 41.9 Å². The summed E-state index contributed by atoms with van der Waals surface area (Å²) >= 11 is 6.04. The molecule has 0 aliphatic carbocycles. The van der Waals surface area contributed by atoms with Gasteiger partial charge in [0.05, 0.1) is 6.04 Å². The Balaban J connectivity index is 1.59. The maximum Gasteiger partial charge on any atom is 0.258 e. The van der Waals surface area contributed by atoms with Gasteiger partial charge in [-0.15, -0.1) is 0 Å². The largest absolute Gasteiger partial charge is 0.484 e. The van der Waals surface area contributed by atoms with Crippen LogP contribution in [0.2, 0.25) is 5.02 Å². The van der Waals surface area contributed by atoms with Crippen molar-refractivity contribution in [2.24, 2.45) is 0 Å². The van der Waals surface area contributed by atoms with E-state index in [9.17, 15) is 4.79 Å². The summed E-state index contributed by atoms with van der Waals surface area (Å²) in [6, 6.07) is 17.4. The number of hydrogen-bond acceptors (Lipinski definition) is 4. The highest BCUT2D eigenvalue weighted by atomic mass is 35.5. The molecule has 3 rings (SSSR count). The van der Waals surface area contributed by atoms with E-state index in [4.69, 9.17) is 16.3 Å². The van der Waals surface area contributed by atoms with Gasteiger partial charge in [0.1, 0.15) is 5.75 Å². The quantitative estimate of drug-likeness (QED) is 0.793. The van der Waals surface area contributed by atoms with Crippen LogP contribution in [0.3, 0.4) is 0 Å². The van der Waals surface area contributed by atoms with Gasteiger partial charge >= 0.3 is 0 Å². The zero-order valence-electron chi connectivity index (χ0n) is 15.6. The van der Waals surface area contributed by atoms with Gasteiger partial charge in [0.2, 0.25) is 0 Å². The number of piperazine rings is 1. The topological polar surface area (TPSA) is 44.8 Å². The van der Waals surface area contributed by atoms with Crippen molar-refractivity contribution < 1.29 is 9.53 Å². The molecule has 2 aromatic carbocycles.